The fourth-order valence-corrected chi connectivity index (χ4v) is 1.88. The van der Waals surface area contributed by atoms with Gasteiger partial charge in [-0.25, -0.2) is 8.78 Å². The quantitative estimate of drug-likeness (QED) is 0.754. The van der Waals surface area contributed by atoms with Crippen LogP contribution in [0, 0.1) is 18.6 Å². The number of rotatable bonds is 2. The summed E-state index contributed by atoms with van der Waals surface area (Å²) in [5, 5.41) is 0. The Morgan fingerprint density at radius 3 is 2.75 bits per heavy atom. The standard InChI is InChI=1S/C11H7F2NOS/c1-6-2-3-7(12)9(10(6)13)11(15)8-4-14-5-16-8/h2-5H,1H3. The largest absolute Gasteiger partial charge is 0.287 e. The lowest BCUT2D eigenvalue weighted by Crippen LogP contribution is -2.07. The van der Waals surface area contributed by atoms with E-state index < -0.39 is 23.0 Å². The highest BCUT2D eigenvalue weighted by Gasteiger charge is 2.21. The summed E-state index contributed by atoms with van der Waals surface area (Å²) < 4.78 is 27.0. The third-order valence-electron chi connectivity index (χ3n) is 2.17. The van der Waals surface area contributed by atoms with E-state index in [0.29, 0.717) is 0 Å². The van der Waals surface area contributed by atoms with Gasteiger partial charge < -0.3 is 0 Å². The Balaban J connectivity index is 2.56. The van der Waals surface area contributed by atoms with E-state index in [-0.39, 0.29) is 10.4 Å². The highest BCUT2D eigenvalue weighted by atomic mass is 32.1. The lowest BCUT2D eigenvalue weighted by Gasteiger charge is -2.04. The molecule has 0 atom stereocenters. The molecular weight excluding hydrogens is 232 g/mol. The maximum Gasteiger partial charge on any atom is 0.210 e. The topological polar surface area (TPSA) is 30.0 Å². The summed E-state index contributed by atoms with van der Waals surface area (Å²) in [6, 6.07) is 2.39. The highest BCUT2D eigenvalue weighted by molar-refractivity contribution is 7.11. The first-order valence-electron chi connectivity index (χ1n) is 4.49. The summed E-state index contributed by atoms with van der Waals surface area (Å²) in [4.78, 5) is 15.7. The summed E-state index contributed by atoms with van der Waals surface area (Å²) in [7, 11) is 0. The van der Waals surface area contributed by atoms with Crippen LogP contribution >= 0.6 is 11.3 Å². The number of hydrogen-bond donors (Lipinski definition) is 0. The molecule has 1 heterocycles. The second-order valence-corrected chi connectivity index (χ2v) is 4.13. The van der Waals surface area contributed by atoms with Crippen LogP contribution in [0.25, 0.3) is 0 Å². The number of hydrogen-bond acceptors (Lipinski definition) is 3. The molecule has 0 aliphatic rings. The van der Waals surface area contributed by atoms with Gasteiger partial charge in [0.2, 0.25) is 5.78 Å². The number of benzene rings is 1. The van der Waals surface area contributed by atoms with Crippen LogP contribution in [-0.2, 0) is 0 Å². The number of thiazole rings is 1. The van der Waals surface area contributed by atoms with Crippen LogP contribution in [-0.4, -0.2) is 10.8 Å². The van der Waals surface area contributed by atoms with Gasteiger partial charge in [-0.15, -0.1) is 11.3 Å². The number of carbonyl (C=O) groups is 1. The summed E-state index contributed by atoms with van der Waals surface area (Å²) in [5.41, 5.74) is 1.18. The molecule has 0 saturated heterocycles. The van der Waals surface area contributed by atoms with Crippen molar-refractivity contribution in [3.63, 3.8) is 0 Å². The van der Waals surface area contributed by atoms with E-state index >= 15 is 0 Å². The minimum atomic E-state index is -0.846. The van der Waals surface area contributed by atoms with Crippen LogP contribution in [0.15, 0.2) is 23.8 Å². The van der Waals surface area contributed by atoms with Crippen molar-refractivity contribution < 1.29 is 13.6 Å². The first kappa shape index (κ1) is 10.9. The first-order valence-corrected chi connectivity index (χ1v) is 5.37. The van der Waals surface area contributed by atoms with Gasteiger partial charge in [-0.3, -0.25) is 9.78 Å². The molecule has 0 saturated carbocycles. The molecule has 2 rings (SSSR count). The van der Waals surface area contributed by atoms with E-state index in [0.717, 1.165) is 17.4 Å². The van der Waals surface area contributed by atoms with Gasteiger partial charge >= 0.3 is 0 Å². The Kier molecular flexibility index (Phi) is 2.78. The summed E-state index contributed by atoms with van der Waals surface area (Å²) >= 11 is 1.06. The molecule has 0 aliphatic carbocycles. The maximum atomic E-state index is 13.6. The average molecular weight is 239 g/mol. The molecule has 82 valence electrons. The Labute approximate surface area is 94.6 Å². The molecule has 0 amide bonds. The lowest BCUT2D eigenvalue weighted by molar-refractivity contribution is 0.103. The van der Waals surface area contributed by atoms with Crippen LogP contribution in [0.4, 0.5) is 8.78 Å². The Morgan fingerprint density at radius 1 is 1.38 bits per heavy atom. The van der Waals surface area contributed by atoms with Crippen LogP contribution in [0.2, 0.25) is 0 Å². The highest BCUT2D eigenvalue weighted by Crippen LogP contribution is 2.21. The molecule has 0 aliphatic heterocycles. The Hall–Kier alpha value is -1.62. The minimum Gasteiger partial charge on any atom is -0.287 e. The van der Waals surface area contributed by atoms with Crippen molar-refractivity contribution in [2.24, 2.45) is 0 Å². The average Bonchev–Trinajstić information content (AvgIpc) is 2.77. The van der Waals surface area contributed by atoms with E-state index in [1.807, 2.05) is 0 Å². The molecule has 2 nitrogen and oxygen atoms in total. The van der Waals surface area contributed by atoms with Crippen LogP contribution in [0.3, 0.4) is 0 Å². The maximum absolute atomic E-state index is 13.6. The molecule has 0 fully saturated rings. The van der Waals surface area contributed by atoms with Crippen LogP contribution < -0.4 is 0 Å². The van der Waals surface area contributed by atoms with Crippen LogP contribution in [0.1, 0.15) is 20.8 Å². The number of aryl methyl sites for hydroxylation is 1. The molecule has 5 heteroatoms. The van der Waals surface area contributed by atoms with E-state index in [2.05, 4.69) is 4.98 Å². The van der Waals surface area contributed by atoms with Crippen molar-refractivity contribution in [2.75, 3.05) is 0 Å². The smallest absolute Gasteiger partial charge is 0.210 e. The molecule has 0 N–H and O–H groups in total. The van der Waals surface area contributed by atoms with E-state index in [9.17, 15) is 13.6 Å². The molecule has 0 radical (unpaired) electrons. The summed E-state index contributed by atoms with van der Waals surface area (Å²) in [6.45, 7) is 1.48. The molecule has 1 aromatic heterocycles. The van der Waals surface area contributed by atoms with Crippen molar-refractivity contribution in [1.29, 1.82) is 0 Å². The van der Waals surface area contributed by atoms with E-state index in [1.54, 1.807) is 0 Å². The number of carbonyl (C=O) groups excluding carboxylic acids is 1. The fraction of sp³-hybridized carbons (Fsp3) is 0.0909. The van der Waals surface area contributed by atoms with Crippen molar-refractivity contribution >= 4 is 17.1 Å². The number of nitrogens with zero attached hydrogens (tertiary/aromatic N) is 1. The predicted molar refractivity (Wildman–Crippen MR) is 56.6 cm³/mol. The zero-order valence-corrected chi connectivity index (χ0v) is 9.15. The first-order chi connectivity index (χ1) is 7.61. The van der Waals surface area contributed by atoms with Gasteiger partial charge in [0.15, 0.2) is 0 Å². The number of halogens is 2. The normalized spacial score (nSPS) is 10.4. The predicted octanol–water partition coefficient (Wildman–Crippen LogP) is 2.96. The molecule has 0 unspecified atom stereocenters. The van der Waals surface area contributed by atoms with Crippen molar-refractivity contribution in [2.45, 2.75) is 6.92 Å². The molecule has 1 aromatic carbocycles. The molecule has 0 spiro atoms. The Bertz CT molecular complexity index is 537. The van der Waals surface area contributed by atoms with Crippen molar-refractivity contribution in [3.8, 4) is 0 Å². The van der Waals surface area contributed by atoms with Gasteiger partial charge in [0, 0.05) is 6.20 Å². The zero-order valence-electron chi connectivity index (χ0n) is 8.33. The van der Waals surface area contributed by atoms with Crippen LogP contribution in [0.5, 0.6) is 0 Å². The minimum absolute atomic E-state index is 0.225. The lowest BCUT2D eigenvalue weighted by atomic mass is 10.1. The second kappa shape index (κ2) is 4.09. The monoisotopic (exact) mass is 239 g/mol. The second-order valence-electron chi connectivity index (χ2n) is 3.25. The van der Waals surface area contributed by atoms with Gasteiger partial charge in [-0.2, -0.15) is 0 Å². The van der Waals surface area contributed by atoms with Gasteiger partial charge in [0.05, 0.1) is 16.0 Å². The van der Waals surface area contributed by atoms with Gasteiger partial charge in [-0.05, 0) is 18.6 Å². The number of aromatic nitrogens is 1. The Morgan fingerprint density at radius 2 is 2.12 bits per heavy atom. The SMILES string of the molecule is Cc1ccc(F)c(C(=O)c2cncs2)c1F. The van der Waals surface area contributed by atoms with Gasteiger partial charge in [0.25, 0.3) is 0 Å². The third kappa shape index (κ3) is 1.74. The molecule has 16 heavy (non-hydrogen) atoms. The van der Waals surface area contributed by atoms with Crippen molar-refractivity contribution in [1.82, 2.24) is 4.98 Å². The number of ketones is 1. The van der Waals surface area contributed by atoms with Crippen molar-refractivity contribution in [3.05, 3.63) is 51.5 Å². The molecule has 0 bridgehead atoms. The third-order valence-corrected chi connectivity index (χ3v) is 2.94. The fourth-order valence-electron chi connectivity index (χ4n) is 1.32. The van der Waals surface area contributed by atoms with Gasteiger partial charge in [-0.1, -0.05) is 6.07 Å². The van der Waals surface area contributed by atoms with Gasteiger partial charge in [0.1, 0.15) is 11.6 Å². The zero-order chi connectivity index (χ0) is 11.7. The summed E-state index contributed by atoms with van der Waals surface area (Å²) in [5.74, 6) is -2.32. The van der Waals surface area contributed by atoms with E-state index in [1.165, 1.54) is 24.7 Å². The molecule has 2 aromatic rings. The molecular formula is C11H7F2NOS. The summed E-state index contributed by atoms with van der Waals surface area (Å²) in [6.07, 6.45) is 1.30. The van der Waals surface area contributed by atoms with E-state index in [4.69, 9.17) is 0 Å².